The van der Waals surface area contributed by atoms with Gasteiger partial charge >= 0.3 is 0 Å². The fourth-order valence-corrected chi connectivity index (χ4v) is 3.99. The summed E-state index contributed by atoms with van der Waals surface area (Å²) in [5, 5.41) is 11.6. The van der Waals surface area contributed by atoms with Gasteiger partial charge in [0.15, 0.2) is 11.8 Å². The number of nitrogens with one attached hydrogen (secondary N) is 2. The summed E-state index contributed by atoms with van der Waals surface area (Å²) in [6.45, 7) is 7.84. The maximum absolute atomic E-state index is 4.80. The van der Waals surface area contributed by atoms with Crippen LogP contribution in [0.4, 0.5) is 0 Å². The van der Waals surface area contributed by atoms with Gasteiger partial charge in [0.1, 0.15) is 5.82 Å². The van der Waals surface area contributed by atoms with E-state index < -0.39 is 0 Å². The Hall–Kier alpha value is -0.900. The van der Waals surface area contributed by atoms with Crippen molar-refractivity contribution in [2.45, 2.75) is 77.4 Å². The third-order valence-electron chi connectivity index (χ3n) is 5.57. The molecule has 1 fully saturated rings. The smallest absolute Gasteiger partial charge is 0.191 e. The lowest BCUT2D eigenvalue weighted by Crippen LogP contribution is -2.47. The zero-order valence-corrected chi connectivity index (χ0v) is 19.4. The molecule has 3 rings (SSSR count). The second-order valence-corrected chi connectivity index (χ2v) is 7.54. The van der Waals surface area contributed by atoms with E-state index in [1.54, 1.807) is 0 Å². The first-order chi connectivity index (χ1) is 12.7. The van der Waals surface area contributed by atoms with Crippen molar-refractivity contribution in [1.82, 2.24) is 30.3 Å². The van der Waals surface area contributed by atoms with Crippen LogP contribution in [0.25, 0.3) is 0 Å². The Morgan fingerprint density at radius 3 is 2.74 bits per heavy atom. The first kappa shape index (κ1) is 22.4. The Balaban J connectivity index is 0.00000261. The van der Waals surface area contributed by atoms with Crippen molar-refractivity contribution in [3.8, 4) is 0 Å². The van der Waals surface area contributed by atoms with Gasteiger partial charge in [-0.25, -0.2) is 9.67 Å². The van der Waals surface area contributed by atoms with Gasteiger partial charge in [-0.05, 0) is 33.2 Å². The molecule has 0 saturated heterocycles. The molecule has 1 aromatic rings. The van der Waals surface area contributed by atoms with Gasteiger partial charge in [-0.1, -0.05) is 19.8 Å². The van der Waals surface area contributed by atoms with E-state index in [1.807, 2.05) is 0 Å². The van der Waals surface area contributed by atoms with E-state index in [2.05, 4.69) is 51.2 Å². The van der Waals surface area contributed by atoms with Crippen molar-refractivity contribution in [3.05, 3.63) is 11.6 Å². The first-order valence-corrected chi connectivity index (χ1v) is 10.4. The number of fused-ring (bicyclic) bond motifs is 1. The summed E-state index contributed by atoms with van der Waals surface area (Å²) in [4.78, 5) is 11.9. The maximum atomic E-state index is 4.80. The predicted molar refractivity (Wildman–Crippen MR) is 121 cm³/mol. The van der Waals surface area contributed by atoms with Crippen molar-refractivity contribution < 1.29 is 0 Å². The highest BCUT2D eigenvalue weighted by molar-refractivity contribution is 14.0. The zero-order valence-electron chi connectivity index (χ0n) is 17.1. The Morgan fingerprint density at radius 2 is 2.04 bits per heavy atom. The van der Waals surface area contributed by atoms with Crippen LogP contribution in [0, 0.1) is 0 Å². The highest BCUT2D eigenvalue weighted by Gasteiger charge is 2.22. The van der Waals surface area contributed by atoms with E-state index in [4.69, 9.17) is 4.99 Å². The van der Waals surface area contributed by atoms with E-state index >= 15 is 0 Å². The number of nitrogens with zero attached hydrogens (tertiary/aromatic N) is 5. The molecule has 2 aliphatic rings. The average molecular weight is 489 g/mol. The molecule has 8 heteroatoms. The number of aliphatic imine (C=N–C) groups is 1. The lowest BCUT2D eigenvalue weighted by Gasteiger charge is -2.26. The maximum Gasteiger partial charge on any atom is 0.191 e. The molecule has 1 aromatic heterocycles. The zero-order chi connectivity index (χ0) is 18.4. The Morgan fingerprint density at radius 1 is 1.26 bits per heavy atom. The molecule has 0 radical (unpaired) electrons. The predicted octanol–water partition coefficient (Wildman–Crippen LogP) is 2.20. The minimum atomic E-state index is 0. The van der Waals surface area contributed by atoms with Gasteiger partial charge in [0, 0.05) is 38.0 Å². The number of aryl methyl sites for hydroxylation is 2. The summed E-state index contributed by atoms with van der Waals surface area (Å²) in [6.07, 6.45) is 8.42. The second-order valence-electron chi connectivity index (χ2n) is 7.54. The Kier molecular flexibility index (Phi) is 9.28. The Labute approximate surface area is 180 Å². The SMILES string of the molecule is CCNC(=NCCN(C)C1CCCC1)NC1CCc2nc(CC)nn2C1.I. The van der Waals surface area contributed by atoms with Crippen LogP contribution in [0.15, 0.2) is 4.99 Å². The molecule has 0 spiro atoms. The molecule has 1 aliphatic carbocycles. The molecule has 1 aliphatic heterocycles. The summed E-state index contributed by atoms with van der Waals surface area (Å²) in [6, 6.07) is 1.12. The summed E-state index contributed by atoms with van der Waals surface area (Å²) >= 11 is 0. The molecule has 1 atom stereocenters. The number of rotatable bonds is 7. The first-order valence-electron chi connectivity index (χ1n) is 10.4. The lowest BCUT2D eigenvalue weighted by molar-refractivity contribution is 0.252. The van der Waals surface area contributed by atoms with Gasteiger partial charge in [-0.15, -0.1) is 24.0 Å². The topological polar surface area (TPSA) is 70.4 Å². The normalized spacial score (nSPS) is 20.4. The standard InChI is InChI=1S/C19H35N7.HI/c1-4-17-23-18-11-10-15(14-26(18)24-17)22-19(20-5-2)21-12-13-25(3)16-8-6-7-9-16;/h15-16H,4-14H2,1-3H3,(H2,20,21,22);1H. The second kappa shape index (κ2) is 11.2. The third-order valence-corrected chi connectivity index (χ3v) is 5.57. The molecular weight excluding hydrogens is 453 g/mol. The molecule has 2 heterocycles. The van der Waals surface area contributed by atoms with Crippen molar-refractivity contribution in [2.75, 3.05) is 26.7 Å². The van der Waals surface area contributed by atoms with Gasteiger partial charge < -0.3 is 15.5 Å². The van der Waals surface area contributed by atoms with Crippen LogP contribution in [-0.2, 0) is 19.4 Å². The van der Waals surface area contributed by atoms with E-state index in [0.29, 0.717) is 6.04 Å². The lowest BCUT2D eigenvalue weighted by atomic mass is 10.1. The monoisotopic (exact) mass is 489 g/mol. The fraction of sp³-hybridized carbons (Fsp3) is 0.842. The largest absolute Gasteiger partial charge is 0.357 e. The summed E-state index contributed by atoms with van der Waals surface area (Å²) in [5.74, 6) is 3.01. The molecule has 0 bridgehead atoms. The van der Waals surface area contributed by atoms with Gasteiger partial charge in [0.05, 0.1) is 13.1 Å². The van der Waals surface area contributed by atoms with Gasteiger partial charge in [-0.3, -0.25) is 4.99 Å². The number of hydrogen-bond acceptors (Lipinski definition) is 4. The average Bonchev–Trinajstić information content (AvgIpc) is 3.30. The summed E-state index contributed by atoms with van der Waals surface area (Å²) < 4.78 is 2.07. The third kappa shape index (κ3) is 6.30. The quantitative estimate of drug-likeness (QED) is 0.349. The van der Waals surface area contributed by atoms with Crippen LogP contribution in [0.1, 0.15) is 57.6 Å². The van der Waals surface area contributed by atoms with Crippen LogP contribution in [0.2, 0.25) is 0 Å². The summed E-state index contributed by atoms with van der Waals surface area (Å²) in [5.41, 5.74) is 0. The minimum Gasteiger partial charge on any atom is -0.357 e. The minimum absolute atomic E-state index is 0. The molecule has 154 valence electrons. The molecule has 7 nitrogen and oxygen atoms in total. The van der Waals surface area contributed by atoms with E-state index in [0.717, 1.165) is 69.1 Å². The Bertz CT molecular complexity index is 595. The molecule has 0 amide bonds. The van der Waals surface area contributed by atoms with Crippen LogP contribution in [0.3, 0.4) is 0 Å². The van der Waals surface area contributed by atoms with Crippen LogP contribution >= 0.6 is 24.0 Å². The number of likely N-dealkylation sites (N-methyl/N-ethyl adjacent to an activating group) is 1. The van der Waals surface area contributed by atoms with Crippen LogP contribution < -0.4 is 10.6 Å². The van der Waals surface area contributed by atoms with Gasteiger partial charge in [0.2, 0.25) is 0 Å². The molecular formula is C19H36IN7. The van der Waals surface area contributed by atoms with E-state index in [9.17, 15) is 0 Å². The molecule has 1 saturated carbocycles. The van der Waals surface area contributed by atoms with Crippen LogP contribution in [-0.4, -0.2) is 64.4 Å². The molecule has 27 heavy (non-hydrogen) atoms. The summed E-state index contributed by atoms with van der Waals surface area (Å²) in [7, 11) is 2.24. The van der Waals surface area contributed by atoms with E-state index in [1.165, 1.54) is 25.7 Å². The number of hydrogen-bond donors (Lipinski definition) is 2. The van der Waals surface area contributed by atoms with Crippen molar-refractivity contribution in [3.63, 3.8) is 0 Å². The fourth-order valence-electron chi connectivity index (χ4n) is 3.99. The van der Waals surface area contributed by atoms with Gasteiger partial charge in [-0.2, -0.15) is 5.10 Å². The molecule has 0 aromatic carbocycles. The highest BCUT2D eigenvalue weighted by atomic mass is 127. The number of halogens is 1. The number of guanidine groups is 1. The van der Waals surface area contributed by atoms with Crippen molar-refractivity contribution in [1.29, 1.82) is 0 Å². The van der Waals surface area contributed by atoms with Crippen molar-refractivity contribution in [2.24, 2.45) is 4.99 Å². The van der Waals surface area contributed by atoms with Crippen LogP contribution in [0.5, 0.6) is 0 Å². The highest BCUT2D eigenvalue weighted by Crippen LogP contribution is 2.21. The number of aromatic nitrogens is 3. The molecule has 2 N–H and O–H groups in total. The van der Waals surface area contributed by atoms with Crippen molar-refractivity contribution >= 4 is 29.9 Å². The van der Waals surface area contributed by atoms with E-state index in [-0.39, 0.29) is 24.0 Å². The molecule has 1 unspecified atom stereocenters. The van der Waals surface area contributed by atoms with Gasteiger partial charge in [0.25, 0.3) is 0 Å².